The van der Waals surface area contributed by atoms with Crippen LogP contribution in [0.1, 0.15) is 0 Å². The predicted octanol–water partition coefficient (Wildman–Crippen LogP) is 9.85. The van der Waals surface area contributed by atoms with Gasteiger partial charge < -0.3 is 0 Å². The third kappa shape index (κ3) is 4.10. The average Bonchev–Trinajstić information content (AvgIpc) is 2.88. The minimum Gasteiger partial charge on any atom is -0.248 e. The molecule has 0 saturated carbocycles. The minimum atomic E-state index is 0.409. The minimum absolute atomic E-state index is 0.409. The summed E-state index contributed by atoms with van der Waals surface area (Å²) in [5.74, 6) is 0. The summed E-state index contributed by atoms with van der Waals surface area (Å²) in [5.41, 5.74) is 7.37. The Morgan fingerprint density at radius 2 is 1.29 bits per heavy atom. The van der Waals surface area contributed by atoms with E-state index in [1.54, 1.807) is 0 Å². The molecule has 0 aliphatic rings. The number of benzene rings is 4. The number of fused-ring (bicyclic) bond motifs is 2. The summed E-state index contributed by atoms with van der Waals surface area (Å²) in [7, 11) is 0. The molecular weight excluding hydrogens is 539 g/mol. The molecule has 6 aromatic rings. The highest BCUT2D eigenvalue weighted by molar-refractivity contribution is 9.10. The monoisotopic (exact) mass is 554 g/mol. The van der Waals surface area contributed by atoms with E-state index in [0.29, 0.717) is 10.2 Å². The number of hydrogen-bond donors (Lipinski definition) is 0. The van der Waals surface area contributed by atoms with Crippen molar-refractivity contribution in [2.45, 2.75) is 0 Å². The molecule has 2 aromatic heterocycles. The Labute approximate surface area is 221 Å². The number of nitrogens with zero attached hydrogens (tertiary/aromatic N) is 2. The van der Waals surface area contributed by atoms with Crippen molar-refractivity contribution in [2.24, 2.45) is 0 Å². The van der Waals surface area contributed by atoms with E-state index in [1.807, 2.05) is 66.7 Å². The molecule has 0 aliphatic carbocycles. The molecule has 0 radical (unpaired) electrons. The third-order valence-electron chi connectivity index (χ3n) is 6.08. The van der Waals surface area contributed by atoms with Crippen molar-refractivity contribution in [1.82, 2.24) is 9.97 Å². The van der Waals surface area contributed by atoms with E-state index in [9.17, 15) is 0 Å². The van der Waals surface area contributed by atoms with Crippen LogP contribution in [-0.2, 0) is 0 Å². The first-order valence-electron chi connectivity index (χ1n) is 11.1. The van der Waals surface area contributed by atoms with E-state index in [-0.39, 0.29) is 0 Å². The van der Waals surface area contributed by atoms with Gasteiger partial charge in [0.25, 0.3) is 0 Å². The van der Waals surface area contributed by atoms with E-state index in [4.69, 9.17) is 33.2 Å². The van der Waals surface area contributed by atoms with Gasteiger partial charge in [0, 0.05) is 31.4 Å². The maximum absolute atomic E-state index is 6.92. The van der Waals surface area contributed by atoms with E-state index in [2.05, 4.69) is 52.3 Å². The van der Waals surface area contributed by atoms with Crippen molar-refractivity contribution in [3.63, 3.8) is 0 Å². The van der Waals surface area contributed by atoms with Crippen LogP contribution in [0.4, 0.5) is 0 Å². The van der Waals surface area contributed by atoms with E-state index >= 15 is 0 Å². The van der Waals surface area contributed by atoms with Crippen molar-refractivity contribution in [2.75, 3.05) is 0 Å². The fourth-order valence-corrected chi connectivity index (χ4v) is 5.34. The summed E-state index contributed by atoms with van der Waals surface area (Å²) < 4.78 is 0.973. The third-order valence-corrected chi connectivity index (χ3v) is 7.08. The fourth-order valence-electron chi connectivity index (χ4n) is 4.53. The number of aromatic nitrogens is 2. The van der Waals surface area contributed by atoms with Crippen LogP contribution in [0.5, 0.6) is 0 Å². The summed E-state index contributed by atoms with van der Waals surface area (Å²) in [4.78, 5) is 9.81. The Bertz CT molecular complexity index is 1720. The van der Waals surface area contributed by atoms with Crippen LogP contribution in [0.25, 0.3) is 55.3 Å². The molecule has 0 amide bonds. The van der Waals surface area contributed by atoms with Gasteiger partial charge in [-0.25, -0.2) is 9.97 Å². The van der Waals surface area contributed by atoms with Crippen LogP contribution < -0.4 is 0 Å². The first-order valence-corrected chi connectivity index (χ1v) is 12.6. The predicted molar refractivity (Wildman–Crippen MR) is 151 cm³/mol. The van der Waals surface area contributed by atoms with Gasteiger partial charge in [0.15, 0.2) is 0 Å². The van der Waals surface area contributed by atoms with Gasteiger partial charge in [-0.05, 0) is 53.1 Å². The summed E-state index contributed by atoms with van der Waals surface area (Å²) in [6.45, 7) is 0. The lowest BCUT2D eigenvalue weighted by Gasteiger charge is -2.17. The van der Waals surface area contributed by atoms with Gasteiger partial charge in [-0.15, -0.1) is 0 Å². The summed E-state index contributed by atoms with van der Waals surface area (Å²) in [5, 5.41) is 3.07. The largest absolute Gasteiger partial charge is 0.248 e. The normalized spacial score (nSPS) is 11.3. The summed E-state index contributed by atoms with van der Waals surface area (Å²) in [6.07, 6.45) is 0. The molecule has 2 nitrogen and oxygen atoms in total. The first kappa shape index (κ1) is 22.2. The molecule has 168 valence electrons. The Morgan fingerprint density at radius 1 is 0.571 bits per heavy atom. The molecule has 0 spiro atoms. The number of pyridine rings is 2. The molecule has 0 N–H and O–H groups in total. The molecule has 2 heterocycles. The van der Waals surface area contributed by atoms with Gasteiger partial charge in [-0.3, -0.25) is 0 Å². The average molecular weight is 556 g/mol. The van der Waals surface area contributed by atoms with Gasteiger partial charge in [-0.2, -0.15) is 0 Å². The number of rotatable bonds is 3. The molecule has 4 aromatic carbocycles. The van der Waals surface area contributed by atoms with Crippen molar-refractivity contribution in [1.29, 1.82) is 0 Å². The standard InChI is InChI=1S/C30H17BrCl2N2/c31-20-11-14-25-24(15-20)28(19-9-5-2-6-10-19)29(30(33)35-25)27-17-23(18-7-3-1-4-8-18)22-13-12-21(32)16-26(22)34-27/h1-17H. The lowest BCUT2D eigenvalue weighted by atomic mass is 9.92. The van der Waals surface area contributed by atoms with E-state index < -0.39 is 0 Å². The van der Waals surface area contributed by atoms with Crippen LogP contribution in [0.3, 0.4) is 0 Å². The summed E-state index contributed by atoms with van der Waals surface area (Å²) in [6, 6.07) is 34.5. The molecular formula is C30H17BrCl2N2. The molecule has 0 unspecified atom stereocenters. The molecule has 0 atom stereocenters. The van der Waals surface area contributed by atoms with Gasteiger partial charge in [0.05, 0.1) is 16.7 Å². The number of halogens is 3. The van der Waals surface area contributed by atoms with Gasteiger partial charge in [0.2, 0.25) is 0 Å². The van der Waals surface area contributed by atoms with Crippen molar-refractivity contribution >= 4 is 60.9 Å². The highest BCUT2D eigenvalue weighted by atomic mass is 79.9. The zero-order valence-corrected chi connectivity index (χ0v) is 21.4. The van der Waals surface area contributed by atoms with Gasteiger partial charge in [0.1, 0.15) is 5.15 Å². The maximum atomic E-state index is 6.92. The topological polar surface area (TPSA) is 25.8 Å². The second kappa shape index (κ2) is 9.09. The molecule has 35 heavy (non-hydrogen) atoms. The Kier molecular flexibility index (Phi) is 5.77. The zero-order chi connectivity index (χ0) is 23.9. The van der Waals surface area contributed by atoms with Crippen LogP contribution in [-0.4, -0.2) is 9.97 Å². The van der Waals surface area contributed by atoms with Crippen LogP contribution in [0.15, 0.2) is 108 Å². The highest BCUT2D eigenvalue weighted by Crippen LogP contribution is 2.43. The smallest absolute Gasteiger partial charge is 0.139 e. The quantitative estimate of drug-likeness (QED) is 0.203. The zero-order valence-electron chi connectivity index (χ0n) is 18.3. The van der Waals surface area contributed by atoms with Crippen LogP contribution in [0, 0.1) is 0 Å². The lowest BCUT2D eigenvalue weighted by molar-refractivity contribution is 1.35. The Hall–Kier alpha value is -3.24. The molecule has 6 rings (SSSR count). The highest BCUT2D eigenvalue weighted by Gasteiger charge is 2.20. The second-order valence-electron chi connectivity index (χ2n) is 8.26. The van der Waals surface area contributed by atoms with Gasteiger partial charge >= 0.3 is 0 Å². The Balaban J connectivity index is 1.75. The lowest BCUT2D eigenvalue weighted by Crippen LogP contribution is -1.96. The molecule has 0 aliphatic heterocycles. The molecule has 5 heteroatoms. The SMILES string of the molecule is Clc1ccc2c(-c3ccccc3)cc(-c3c(Cl)nc4ccc(Br)cc4c3-c3ccccc3)nc2c1. The van der Waals surface area contributed by atoms with Crippen LogP contribution >= 0.6 is 39.1 Å². The van der Waals surface area contributed by atoms with Crippen molar-refractivity contribution in [3.05, 3.63) is 118 Å². The summed E-state index contributed by atoms with van der Waals surface area (Å²) >= 11 is 16.9. The van der Waals surface area contributed by atoms with Gasteiger partial charge in [-0.1, -0.05) is 106 Å². The fraction of sp³-hybridized carbons (Fsp3) is 0. The van der Waals surface area contributed by atoms with Crippen molar-refractivity contribution < 1.29 is 0 Å². The molecule has 0 fully saturated rings. The Morgan fingerprint density at radius 3 is 2.03 bits per heavy atom. The second-order valence-corrected chi connectivity index (χ2v) is 9.97. The van der Waals surface area contributed by atoms with E-state index in [1.165, 1.54) is 0 Å². The first-order chi connectivity index (χ1) is 17.1. The maximum Gasteiger partial charge on any atom is 0.139 e. The number of hydrogen-bond acceptors (Lipinski definition) is 2. The molecule has 0 bridgehead atoms. The molecule has 0 saturated heterocycles. The van der Waals surface area contributed by atoms with Crippen LogP contribution in [0.2, 0.25) is 10.2 Å². The van der Waals surface area contributed by atoms with Crippen molar-refractivity contribution in [3.8, 4) is 33.5 Å². The van der Waals surface area contributed by atoms with E-state index in [0.717, 1.165) is 59.8 Å².